The number of aryl methyl sites for hydroxylation is 1. The van der Waals surface area contributed by atoms with Crippen LogP contribution in [0.25, 0.3) is 0 Å². The molecule has 0 aliphatic rings. The summed E-state index contributed by atoms with van der Waals surface area (Å²) in [4.78, 5) is 0. The van der Waals surface area contributed by atoms with Crippen molar-refractivity contribution in [3.05, 3.63) is 35.1 Å². The van der Waals surface area contributed by atoms with Gasteiger partial charge in [0.25, 0.3) is 0 Å². The van der Waals surface area contributed by atoms with E-state index in [0.717, 1.165) is 18.5 Å². The number of hydrogen-bond donors (Lipinski definition) is 2. The number of hydrogen-bond acceptors (Lipinski definition) is 1. The van der Waals surface area contributed by atoms with Crippen LogP contribution in [-0.4, -0.2) is 11.7 Å². The first-order valence-corrected chi connectivity index (χ1v) is 6.25. The zero-order chi connectivity index (χ0) is 12.8. The number of thiocarbonyl (C=S) groups is 1. The molecule has 0 bridgehead atoms. The van der Waals surface area contributed by atoms with Gasteiger partial charge in [0.05, 0.1) is 6.04 Å². The molecule has 1 atom stereocenters. The molecule has 0 spiro atoms. The van der Waals surface area contributed by atoms with Crippen LogP contribution in [-0.2, 0) is 0 Å². The predicted octanol–water partition coefficient (Wildman–Crippen LogP) is 3.07. The Morgan fingerprint density at radius 3 is 2.76 bits per heavy atom. The van der Waals surface area contributed by atoms with Gasteiger partial charge in [0.15, 0.2) is 5.11 Å². The van der Waals surface area contributed by atoms with Crippen LogP contribution in [0.1, 0.15) is 37.4 Å². The number of benzene rings is 1. The summed E-state index contributed by atoms with van der Waals surface area (Å²) in [5, 5.41) is 6.83. The smallest absolute Gasteiger partial charge is 0.166 e. The minimum Gasteiger partial charge on any atom is -0.363 e. The minimum absolute atomic E-state index is 0.00181. The monoisotopic (exact) mass is 254 g/mol. The zero-order valence-electron chi connectivity index (χ0n) is 10.5. The molecular weight excluding hydrogens is 235 g/mol. The summed E-state index contributed by atoms with van der Waals surface area (Å²) in [5.41, 5.74) is 1.56. The molecule has 0 aliphatic carbocycles. The Morgan fingerprint density at radius 2 is 2.18 bits per heavy atom. The van der Waals surface area contributed by atoms with Crippen LogP contribution in [0.3, 0.4) is 0 Å². The van der Waals surface area contributed by atoms with E-state index in [1.165, 1.54) is 0 Å². The fourth-order valence-corrected chi connectivity index (χ4v) is 1.73. The molecule has 0 saturated heterocycles. The van der Waals surface area contributed by atoms with Gasteiger partial charge in [-0.2, -0.15) is 0 Å². The summed E-state index contributed by atoms with van der Waals surface area (Å²) >= 11 is 5.14. The Hall–Kier alpha value is -1.16. The molecule has 0 aromatic heterocycles. The van der Waals surface area contributed by atoms with Crippen molar-refractivity contribution in [2.24, 2.45) is 0 Å². The second-order valence-electron chi connectivity index (χ2n) is 4.13. The van der Waals surface area contributed by atoms with Crippen molar-refractivity contribution in [1.82, 2.24) is 10.6 Å². The molecule has 1 rings (SSSR count). The van der Waals surface area contributed by atoms with E-state index < -0.39 is 0 Å². The fraction of sp³-hybridized carbons (Fsp3) is 0.462. The zero-order valence-corrected chi connectivity index (χ0v) is 11.3. The Morgan fingerprint density at radius 1 is 1.47 bits per heavy atom. The highest BCUT2D eigenvalue weighted by atomic mass is 32.1. The lowest BCUT2D eigenvalue weighted by Gasteiger charge is -2.17. The first-order valence-electron chi connectivity index (χ1n) is 5.85. The Labute approximate surface area is 108 Å². The average Bonchev–Trinajstić information content (AvgIpc) is 2.30. The van der Waals surface area contributed by atoms with Crippen molar-refractivity contribution in [1.29, 1.82) is 0 Å². The van der Waals surface area contributed by atoms with E-state index in [-0.39, 0.29) is 11.9 Å². The van der Waals surface area contributed by atoms with Gasteiger partial charge in [-0.1, -0.05) is 19.1 Å². The molecule has 0 radical (unpaired) electrons. The summed E-state index contributed by atoms with van der Waals surface area (Å²) in [7, 11) is 0. The van der Waals surface area contributed by atoms with Crippen LogP contribution in [0.4, 0.5) is 4.39 Å². The van der Waals surface area contributed by atoms with Crippen molar-refractivity contribution < 1.29 is 4.39 Å². The molecule has 0 heterocycles. The molecule has 4 heteroatoms. The molecule has 17 heavy (non-hydrogen) atoms. The SMILES string of the molecule is CCCNC(=S)NC(C)c1ccc(C)c(F)c1. The Balaban J connectivity index is 2.60. The summed E-state index contributed by atoms with van der Waals surface area (Å²) < 4.78 is 13.4. The third-order valence-electron chi connectivity index (χ3n) is 2.58. The number of rotatable bonds is 4. The van der Waals surface area contributed by atoms with Crippen molar-refractivity contribution in [3.8, 4) is 0 Å². The summed E-state index contributed by atoms with van der Waals surface area (Å²) in [6.45, 7) is 6.64. The van der Waals surface area contributed by atoms with Gasteiger partial charge in [-0.05, 0) is 49.7 Å². The van der Waals surface area contributed by atoms with E-state index >= 15 is 0 Å². The van der Waals surface area contributed by atoms with E-state index in [4.69, 9.17) is 12.2 Å². The van der Waals surface area contributed by atoms with Gasteiger partial charge in [0.1, 0.15) is 5.82 Å². The third-order valence-corrected chi connectivity index (χ3v) is 2.84. The highest BCUT2D eigenvalue weighted by Crippen LogP contribution is 2.16. The highest BCUT2D eigenvalue weighted by molar-refractivity contribution is 7.80. The number of halogens is 1. The van der Waals surface area contributed by atoms with E-state index in [1.54, 1.807) is 19.1 Å². The summed E-state index contributed by atoms with van der Waals surface area (Å²) in [6, 6.07) is 5.25. The molecule has 0 aliphatic heterocycles. The van der Waals surface area contributed by atoms with Crippen molar-refractivity contribution >= 4 is 17.3 Å². The minimum atomic E-state index is -0.177. The molecule has 0 fully saturated rings. The third kappa shape index (κ3) is 4.30. The lowest BCUT2D eigenvalue weighted by Crippen LogP contribution is -2.37. The normalized spacial score (nSPS) is 12.0. The lowest BCUT2D eigenvalue weighted by molar-refractivity contribution is 0.608. The molecule has 94 valence electrons. The van der Waals surface area contributed by atoms with Gasteiger partial charge in [0, 0.05) is 6.54 Å². The average molecular weight is 254 g/mol. The standard InChI is InChI=1S/C13H19FN2S/c1-4-7-15-13(17)16-10(3)11-6-5-9(2)12(14)8-11/h5-6,8,10H,4,7H2,1-3H3,(H2,15,16,17). The van der Waals surface area contributed by atoms with Gasteiger partial charge in [-0.25, -0.2) is 4.39 Å². The van der Waals surface area contributed by atoms with Crippen LogP contribution < -0.4 is 10.6 Å². The van der Waals surface area contributed by atoms with Crippen LogP contribution in [0.2, 0.25) is 0 Å². The first-order chi connectivity index (χ1) is 8.04. The van der Waals surface area contributed by atoms with Gasteiger partial charge < -0.3 is 10.6 Å². The maximum absolute atomic E-state index is 13.4. The quantitative estimate of drug-likeness (QED) is 0.808. The fourth-order valence-electron chi connectivity index (χ4n) is 1.45. The maximum Gasteiger partial charge on any atom is 0.166 e. The molecule has 1 aromatic rings. The number of nitrogens with one attached hydrogen (secondary N) is 2. The summed E-state index contributed by atoms with van der Waals surface area (Å²) in [5.74, 6) is -0.177. The lowest BCUT2D eigenvalue weighted by atomic mass is 10.1. The van der Waals surface area contributed by atoms with Crippen LogP contribution in [0, 0.1) is 12.7 Å². The van der Waals surface area contributed by atoms with Crippen LogP contribution in [0.15, 0.2) is 18.2 Å². The van der Waals surface area contributed by atoms with Crippen molar-refractivity contribution in [3.63, 3.8) is 0 Å². The largest absolute Gasteiger partial charge is 0.363 e. The van der Waals surface area contributed by atoms with E-state index in [1.807, 2.05) is 13.0 Å². The molecule has 0 saturated carbocycles. The predicted molar refractivity (Wildman–Crippen MR) is 73.6 cm³/mol. The molecule has 1 aromatic carbocycles. The maximum atomic E-state index is 13.4. The van der Waals surface area contributed by atoms with E-state index in [2.05, 4.69) is 17.6 Å². The van der Waals surface area contributed by atoms with Crippen LogP contribution >= 0.6 is 12.2 Å². The summed E-state index contributed by atoms with van der Waals surface area (Å²) in [6.07, 6.45) is 1.02. The van der Waals surface area contributed by atoms with Gasteiger partial charge in [-0.15, -0.1) is 0 Å². The van der Waals surface area contributed by atoms with Gasteiger partial charge in [-0.3, -0.25) is 0 Å². The Kier molecular flexibility index (Phi) is 5.35. The van der Waals surface area contributed by atoms with Crippen molar-refractivity contribution in [2.45, 2.75) is 33.2 Å². The molecular formula is C13H19FN2S. The van der Waals surface area contributed by atoms with Gasteiger partial charge >= 0.3 is 0 Å². The molecule has 2 N–H and O–H groups in total. The molecule has 2 nitrogen and oxygen atoms in total. The van der Waals surface area contributed by atoms with E-state index in [0.29, 0.717) is 10.7 Å². The Bertz CT molecular complexity index is 393. The van der Waals surface area contributed by atoms with Gasteiger partial charge in [0.2, 0.25) is 0 Å². The first kappa shape index (κ1) is 13.9. The van der Waals surface area contributed by atoms with E-state index in [9.17, 15) is 4.39 Å². The van der Waals surface area contributed by atoms with Crippen molar-refractivity contribution in [2.75, 3.05) is 6.54 Å². The highest BCUT2D eigenvalue weighted by Gasteiger charge is 2.08. The van der Waals surface area contributed by atoms with Crippen LogP contribution in [0.5, 0.6) is 0 Å². The molecule has 0 amide bonds. The second-order valence-corrected chi connectivity index (χ2v) is 4.54. The topological polar surface area (TPSA) is 24.1 Å². The second kappa shape index (κ2) is 6.55. The molecule has 1 unspecified atom stereocenters.